The molecule has 0 N–H and O–H groups in total. The van der Waals surface area contributed by atoms with Crippen LogP contribution in [0.2, 0.25) is 0 Å². The van der Waals surface area contributed by atoms with Crippen molar-refractivity contribution in [1.82, 2.24) is 4.90 Å². The van der Waals surface area contributed by atoms with E-state index in [1.165, 1.54) is 29.5 Å². The molecule has 1 amide bonds. The van der Waals surface area contributed by atoms with Crippen LogP contribution in [0.25, 0.3) is 0 Å². The lowest BCUT2D eigenvalue weighted by atomic mass is 9.83. The summed E-state index contributed by atoms with van der Waals surface area (Å²) in [4.78, 5) is 16.5. The molecule has 1 aromatic rings. The number of carbonyl (C=O) groups excluding carboxylic acids is 1. The molecule has 0 aromatic heterocycles. The molecule has 29 heavy (non-hydrogen) atoms. The van der Waals surface area contributed by atoms with E-state index < -0.39 is 0 Å². The average molecular weight is 396 g/mol. The Bertz CT molecular complexity index is 864. The summed E-state index contributed by atoms with van der Waals surface area (Å²) in [6.07, 6.45) is 3.24. The van der Waals surface area contributed by atoms with E-state index in [9.17, 15) is 10.1 Å². The van der Waals surface area contributed by atoms with Crippen LogP contribution in [0.5, 0.6) is 0 Å². The summed E-state index contributed by atoms with van der Waals surface area (Å²) < 4.78 is 6.12. The van der Waals surface area contributed by atoms with E-state index in [-0.39, 0.29) is 17.6 Å². The smallest absolute Gasteiger partial charge is 0.219 e. The Balaban J connectivity index is 1.77. The Kier molecular flexibility index (Phi) is 5.11. The summed E-state index contributed by atoms with van der Waals surface area (Å²) in [7, 11) is 0. The van der Waals surface area contributed by atoms with E-state index in [0.717, 1.165) is 30.8 Å². The van der Waals surface area contributed by atoms with Crippen LogP contribution in [0, 0.1) is 17.2 Å². The van der Waals surface area contributed by atoms with Gasteiger partial charge in [-0.15, -0.1) is 0 Å². The summed E-state index contributed by atoms with van der Waals surface area (Å²) in [6, 6.07) is 5.00. The SMILES string of the molecule is CC(=O)N1CCN(c2cc(C3CC3)c3c(c2C#N)CC(C)(C)OC3)C[C@H]1C(C)C. The number of fused-ring (bicyclic) bond motifs is 1. The van der Waals surface area contributed by atoms with E-state index in [1.54, 1.807) is 6.92 Å². The molecular weight excluding hydrogens is 362 g/mol. The Morgan fingerprint density at radius 2 is 2.00 bits per heavy atom. The molecule has 4 rings (SSSR count). The van der Waals surface area contributed by atoms with Crippen molar-refractivity contribution in [1.29, 1.82) is 5.26 Å². The molecule has 2 heterocycles. The Hall–Kier alpha value is -2.06. The molecule has 2 aliphatic heterocycles. The highest BCUT2D eigenvalue weighted by Crippen LogP contribution is 2.47. The first-order valence-corrected chi connectivity index (χ1v) is 11.0. The first-order valence-electron chi connectivity index (χ1n) is 11.0. The number of anilines is 1. The minimum Gasteiger partial charge on any atom is -0.371 e. The summed E-state index contributed by atoms with van der Waals surface area (Å²) in [5.74, 6) is 1.13. The number of hydrogen-bond donors (Lipinski definition) is 0. The summed E-state index contributed by atoms with van der Waals surface area (Å²) in [6.45, 7) is 13.1. The Labute approximate surface area is 174 Å². The molecule has 156 valence electrons. The lowest BCUT2D eigenvalue weighted by Gasteiger charge is -2.45. The maximum absolute atomic E-state index is 12.1. The van der Waals surface area contributed by atoms with Gasteiger partial charge in [0.15, 0.2) is 0 Å². The fraction of sp³-hybridized carbons (Fsp3) is 0.667. The molecule has 0 bridgehead atoms. The highest BCUT2D eigenvalue weighted by molar-refractivity contribution is 5.75. The number of amides is 1. The van der Waals surface area contributed by atoms with Gasteiger partial charge in [0, 0.05) is 33.0 Å². The van der Waals surface area contributed by atoms with Crippen molar-refractivity contribution in [2.75, 3.05) is 24.5 Å². The zero-order valence-electron chi connectivity index (χ0n) is 18.4. The predicted octanol–water partition coefficient (Wildman–Crippen LogP) is 3.98. The topological polar surface area (TPSA) is 56.6 Å². The highest BCUT2D eigenvalue weighted by Gasteiger charge is 2.38. The van der Waals surface area contributed by atoms with E-state index in [1.807, 2.05) is 4.90 Å². The normalized spacial score (nSPS) is 23.7. The van der Waals surface area contributed by atoms with Crippen LogP contribution >= 0.6 is 0 Å². The zero-order valence-corrected chi connectivity index (χ0v) is 18.4. The van der Waals surface area contributed by atoms with Crippen LogP contribution in [-0.4, -0.2) is 42.1 Å². The van der Waals surface area contributed by atoms with E-state index in [4.69, 9.17) is 4.74 Å². The zero-order chi connectivity index (χ0) is 20.9. The number of ether oxygens (including phenoxy) is 1. The molecule has 1 saturated heterocycles. The minimum atomic E-state index is -0.244. The van der Waals surface area contributed by atoms with Gasteiger partial charge in [-0.3, -0.25) is 4.79 Å². The van der Waals surface area contributed by atoms with Crippen molar-refractivity contribution in [2.45, 2.75) is 78.0 Å². The molecular formula is C24H33N3O2. The predicted molar refractivity (Wildman–Crippen MR) is 114 cm³/mol. The molecule has 1 aromatic carbocycles. The van der Waals surface area contributed by atoms with Gasteiger partial charge in [-0.25, -0.2) is 0 Å². The van der Waals surface area contributed by atoms with Crippen LogP contribution in [0.3, 0.4) is 0 Å². The highest BCUT2D eigenvalue weighted by atomic mass is 16.5. The van der Waals surface area contributed by atoms with Crippen molar-refractivity contribution >= 4 is 11.6 Å². The number of nitriles is 1. The number of hydrogen-bond acceptors (Lipinski definition) is 4. The van der Waals surface area contributed by atoms with Gasteiger partial charge in [-0.1, -0.05) is 13.8 Å². The van der Waals surface area contributed by atoms with E-state index >= 15 is 0 Å². The van der Waals surface area contributed by atoms with Crippen molar-refractivity contribution in [3.8, 4) is 6.07 Å². The van der Waals surface area contributed by atoms with Gasteiger partial charge < -0.3 is 14.5 Å². The van der Waals surface area contributed by atoms with Crippen molar-refractivity contribution in [3.05, 3.63) is 28.3 Å². The fourth-order valence-corrected chi connectivity index (χ4v) is 5.02. The molecule has 1 atom stereocenters. The third kappa shape index (κ3) is 3.75. The van der Waals surface area contributed by atoms with Crippen LogP contribution in [0.4, 0.5) is 5.69 Å². The lowest BCUT2D eigenvalue weighted by molar-refractivity contribution is -0.132. The first-order chi connectivity index (χ1) is 13.7. The molecule has 1 aliphatic carbocycles. The van der Waals surface area contributed by atoms with Crippen LogP contribution in [-0.2, 0) is 22.6 Å². The van der Waals surface area contributed by atoms with Crippen LogP contribution in [0.15, 0.2) is 6.07 Å². The fourth-order valence-electron chi connectivity index (χ4n) is 5.02. The van der Waals surface area contributed by atoms with E-state index in [0.29, 0.717) is 25.0 Å². The summed E-state index contributed by atoms with van der Waals surface area (Å²) in [5.41, 5.74) is 5.48. The molecule has 5 heteroatoms. The Morgan fingerprint density at radius 1 is 1.28 bits per heavy atom. The third-order valence-electron chi connectivity index (χ3n) is 6.83. The van der Waals surface area contributed by atoms with Crippen molar-refractivity contribution in [3.63, 3.8) is 0 Å². The second-order valence-corrected chi connectivity index (χ2v) is 9.90. The van der Waals surface area contributed by atoms with Gasteiger partial charge in [-0.2, -0.15) is 5.26 Å². The molecule has 0 unspecified atom stereocenters. The first kappa shape index (κ1) is 20.2. The van der Waals surface area contributed by atoms with Crippen LogP contribution in [0.1, 0.15) is 75.6 Å². The molecule has 3 aliphatic rings. The number of benzene rings is 1. The second kappa shape index (κ2) is 7.32. The van der Waals surface area contributed by atoms with Gasteiger partial charge in [0.25, 0.3) is 0 Å². The minimum absolute atomic E-state index is 0.145. The number of rotatable bonds is 3. The molecule has 0 radical (unpaired) electrons. The van der Waals surface area contributed by atoms with Gasteiger partial charge >= 0.3 is 0 Å². The second-order valence-electron chi connectivity index (χ2n) is 9.90. The number of carbonyl (C=O) groups is 1. The van der Waals surface area contributed by atoms with Gasteiger partial charge in [0.1, 0.15) is 6.07 Å². The van der Waals surface area contributed by atoms with Crippen LogP contribution < -0.4 is 4.90 Å². The van der Waals surface area contributed by atoms with Gasteiger partial charge in [0.2, 0.25) is 5.91 Å². The molecule has 0 spiro atoms. The Morgan fingerprint density at radius 3 is 2.59 bits per heavy atom. The van der Waals surface area contributed by atoms with Gasteiger partial charge in [-0.05, 0) is 61.3 Å². The maximum Gasteiger partial charge on any atom is 0.219 e. The average Bonchev–Trinajstić information content (AvgIpc) is 3.50. The molecule has 2 fully saturated rings. The van der Waals surface area contributed by atoms with Gasteiger partial charge in [0.05, 0.1) is 29.5 Å². The van der Waals surface area contributed by atoms with Crippen molar-refractivity contribution < 1.29 is 9.53 Å². The standard InChI is InChI=1S/C24H33N3O2/c1-15(2)23-13-26(8-9-27(23)16(3)28)22-10-18(17-6-7-17)21-14-29-24(4,5)11-19(21)20(22)12-25/h10,15,17,23H,6-9,11,13-14H2,1-5H3/t23-/m0/s1. The molecule has 1 saturated carbocycles. The summed E-state index contributed by atoms with van der Waals surface area (Å²) in [5, 5.41) is 10.2. The largest absolute Gasteiger partial charge is 0.371 e. The molecule has 5 nitrogen and oxygen atoms in total. The monoisotopic (exact) mass is 395 g/mol. The summed E-state index contributed by atoms with van der Waals surface area (Å²) >= 11 is 0. The quantitative estimate of drug-likeness (QED) is 0.777. The number of nitrogens with zero attached hydrogens (tertiary/aromatic N) is 3. The lowest BCUT2D eigenvalue weighted by Crippen LogP contribution is -2.57. The number of piperazine rings is 1. The van der Waals surface area contributed by atoms with Crippen molar-refractivity contribution in [2.24, 2.45) is 5.92 Å². The van der Waals surface area contributed by atoms with E-state index in [2.05, 4.69) is 44.7 Å². The third-order valence-corrected chi connectivity index (χ3v) is 6.83. The maximum atomic E-state index is 12.1.